The second kappa shape index (κ2) is 7.18. The number of rotatable bonds is 3. The summed E-state index contributed by atoms with van der Waals surface area (Å²) in [6.45, 7) is 1.57. The Kier molecular flexibility index (Phi) is 5.02. The molecular formula is C18H19ClN2O4S2. The number of ether oxygens (including phenoxy) is 1. The first-order chi connectivity index (χ1) is 12.9. The lowest BCUT2D eigenvalue weighted by Crippen LogP contribution is -2.55. The molecule has 2 fully saturated rings. The lowest BCUT2D eigenvalue weighted by Gasteiger charge is -2.42. The van der Waals surface area contributed by atoms with E-state index >= 15 is 0 Å². The van der Waals surface area contributed by atoms with Gasteiger partial charge in [0.15, 0.2) is 0 Å². The molecule has 0 atom stereocenters. The summed E-state index contributed by atoms with van der Waals surface area (Å²) in [4.78, 5) is 14.4. The van der Waals surface area contributed by atoms with E-state index in [0.717, 1.165) is 0 Å². The molecule has 1 spiro atoms. The SMILES string of the molecule is O=C(c1cccc(Cl)c1)N1CCC2(CC1)OCCN2S(=O)(=O)c1cccs1. The van der Waals surface area contributed by atoms with Crippen molar-refractivity contribution >= 4 is 38.9 Å². The Morgan fingerprint density at radius 3 is 2.59 bits per heavy atom. The number of thiophene rings is 1. The third-order valence-corrected chi connectivity index (χ3v) is 8.62. The second-order valence-electron chi connectivity index (χ2n) is 6.61. The Morgan fingerprint density at radius 2 is 1.93 bits per heavy atom. The van der Waals surface area contributed by atoms with Crippen molar-refractivity contribution in [1.82, 2.24) is 9.21 Å². The van der Waals surface area contributed by atoms with Crippen molar-refractivity contribution in [3.63, 3.8) is 0 Å². The first-order valence-electron chi connectivity index (χ1n) is 8.68. The van der Waals surface area contributed by atoms with Gasteiger partial charge in [0, 0.05) is 43.1 Å². The fourth-order valence-corrected chi connectivity index (χ4v) is 6.73. The van der Waals surface area contributed by atoms with Crippen molar-refractivity contribution < 1.29 is 17.9 Å². The molecule has 9 heteroatoms. The molecule has 0 saturated carbocycles. The Hall–Kier alpha value is -1.45. The summed E-state index contributed by atoms with van der Waals surface area (Å²) in [6, 6.07) is 10.2. The molecule has 0 bridgehead atoms. The summed E-state index contributed by atoms with van der Waals surface area (Å²) in [5, 5.41) is 2.27. The van der Waals surface area contributed by atoms with Gasteiger partial charge < -0.3 is 9.64 Å². The molecule has 1 aromatic heterocycles. The first-order valence-corrected chi connectivity index (χ1v) is 11.4. The fourth-order valence-electron chi connectivity index (χ4n) is 3.71. The Labute approximate surface area is 167 Å². The van der Waals surface area contributed by atoms with Gasteiger partial charge in [-0.2, -0.15) is 4.31 Å². The number of carbonyl (C=O) groups is 1. The van der Waals surface area contributed by atoms with Crippen LogP contribution in [-0.2, 0) is 14.8 Å². The number of hydrogen-bond donors (Lipinski definition) is 0. The normalized spacial score (nSPS) is 20.3. The van der Waals surface area contributed by atoms with Gasteiger partial charge in [-0.25, -0.2) is 8.42 Å². The van der Waals surface area contributed by atoms with Gasteiger partial charge in [0.2, 0.25) is 0 Å². The largest absolute Gasteiger partial charge is 0.358 e. The molecule has 2 aromatic rings. The maximum atomic E-state index is 13.0. The molecule has 1 aromatic carbocycles. The molecule has 0 N–H and O–H groups in total. The highest BCUT2D eigenvalue weighted by Gasteiger charge is 2.51. The van der Waals surface area contributed by atoms with E-state index in [1.54, 1.807) is 46.7 Å². The van der Waals surface area contributed by atoms with Gasteiger partial charge in [0.1, 0.15) is 9.93 Å². The zero-order chi connectivity index (χ0) is 19.1. The van der Waals surface area contributed by atoms with Crippen molar-refractivity contribution in [2.24, 2.45) is 0 Å². The summed E-state index contributed by atoms with van der Waals surface area (Å²) >= 11 is 7.19. The van der Waals surface area contributed by atoms with Crippen LogP contribution in [0.15, 0.2) is 46.0 Å². The number of piperidine rings is 1. The van der Waals surface area contributed by atoms with Crippen molar-refractivity contribution in [1.29, 1.82) is 0 Å². The molecule has 27 heavy (non-hydrogen) atoms. The van der Waals surface area contributed by atoms with Gasteiger partial charge in [0.25, 0.3) is 15.9 Å². The fraction of sp³-hybridized carbons (Fsp3) is 0.389. The molecule has 1 amide bonds. The number of sulfonamides is 1. The lowest BCUT2D eigenvalue weighted by atomic mass is 10.00. The zero-order valence-corrected chi connectivity index (χ0v) is 16.9. The summed E-state index contributed by atoms with van der Waals surface area (Å²) in [7, 11) is -3.59. The minimum absolute atomic E-state index is 0.0991. The number of carbonyl (C=O) groups excluding carboxylic acids is 1. The first kappa shape index (κ1) is 18.9. The number of likely N-dealkylation sites (tertiary alicyclic amines) is 1. The summed E-state index contributed by atoms with van der Waals surface area (Å²) in [6.07, 6.45) is 0.897. The van der Waals surface area contributed by atoms with Crippen LogP contribution in [-0.4, -0.2) is 55.5 Å². The van der Waals surface area contributed by atoms with Crippen molar-refractivity contribution in [3.05, 3.63) is 52.4 Å². The molecule has 2 saturated heterocycles. The maximum Gasteiger partial charge on any atom is 0.255 e. The van der Waals surface area contributed by atoms with E-state index in [2.05, 4.69) is 0 Å². The predicted octanol–water partition coefficient (Wildman–Crippen LogP) is 3.05. The van der Waals surface area contributed by atoms with Gasteiger partial charge in [-0.3, -0.25) is 4.79 Å². The zero-order valence-electron chi connectivity index (χ0n) is 14.5. The van der Waals surface area contributed by atoms with Gasteiger partial charge in [0.05, 0.1) is 6.61 Å². The predicted molar refractivity (Wildman–Crippen MR) is 103 cm³/mol. The highest BCUT2D eigenvalue weighted by atomic mass is 35.5. The highest BCUT2D eigenvalue weighted by molar-refractivity contribution is 7.91. The van der Waals surface area contributed by atoms with E-state index in [0.29, 0.717) is 53.9 Å². The van der Waals surface area contributed by atoms with Crippen molar-refractivity contribution in [3.8, 4) is 0 Å². The molecule has 2 aliphatic heterocycles. The topological polar surface area (TPSA) is 66.9 Å². The van der Waals surface area contributed by atoms with Crippen LogP contribution in [0.4, 0.5) is 0 Å². The number of amides is 1. The van der Waals surface area contributed by atoms with E-state index in [9.17, 15) is 13.2 Å². The summed E-state index contributed by atoms with van der Waals surface area (Å²) < 4.78 is 33.7. The monoisotopic (exact) mass is 426 g/mol. The van der Waals surface area contributed by atoms with E-state index in [-0.39, 0.29) is 5.91 Å². The van der Waals surface area contributed by atoms with Crippen LogP contribution in [0.2, 0.25) is 5.02 Å². The van der Waals surface area contributed by atoms with Crippen LogP contribution in [0.25, 0.3) is 0 Å². The Morgan fingerprint density at radius 1 is 1.15 bits per heavy atom. The van der Waals surface area contributed by atoms with Crippen molar-refractivity contribution in [2.75, 3.05) is 26.2 Å². The van der Waals surface area contributed by atoms with Crippen molar-refractivity contribution in [2.45, 2.75) is 22.8 Å². The molecular weight excluding hydrogens is 408 g/mol. The highest BCUT2D eigenvalue weighted by Crippen LogP contribution is 2.39. The molecule has 0 radical (unpaired) electrons. The average Bonchev–Trinajstić information content (AvgIpc) is 3.33. The molecule has 144 valence electrons. The van der Waals surface area contributed by atoms with Crippen LogP contribution in [0.3, 0.4) is 0 Å². The number of hydrogen-bond acceptors (Lipinski definition) is 5. The number of benzene rings is 1. The lowest BCUT2D eigenvalue weighted by molar-refractivity contribution is -0.0856. The molecule has 6 nitrogen and oxygen atoms in total. The molecule has 2 aliphatic rings. The van der Waals surface area contributed by atoms with Crippen LogP contribution < -0.4 is 0 Å². The standard InChI is InChI=1S/C18H19ClN2O4S2/c19-15-4-1-3-14(13-15)17(22)20-8-6-18(7-9-20)21(10-11-25-18)27(23,24)16-5-2-12-26-16/h1-5,12-13H,6-11H2. The van der Waals surface area contributed by atoms with E-state index in [1.165, 1.54) is 15.6 Å². The Balaban J connectivity index is 1.51. The van der Waals surface area contributed by atoms with Crippen LogP contribution in [0.1, 0.15) is 23.2 Å². The summed E-state index contributed by atoms with van der Waals surface area (Å²) in [5.74, 6) is -0.0991. The molecule has 0 aliphatic carbocycles. The van der Waals surface area contributed by atoms with Gasteiger partial charge in [-0.1, -0.05) is 23.7 Å². The average molecular weight is 427 g/mol. The minimum Gasteiger partial charge on any atom is -0.358 e. The number of halogens is 1. The third-order valence-electron chi connectivity index (χ3n) is 5.06. The van der Waals surface area contributed by atoms with E-state index in [4.69, 9.17) is 16.3 Å². The third kappa shape index (κ3) is 3.40. The van der Waals surface area contributed by atoms with E-state index in [1.807, 2.05) is 0 Å². The van der Waals surface area contributed by atoms with Gasteiger partial charge in [-0.15, -0.1) is 11.3 Å². The van der Waals surface area contributed by atoms with E-state index < -0.39 is 15.7 Å². The van der Waals surface area contributed by atoms with Gasteiger partial charge >= 0.3 is 0 Å². The van der Waals surface area contributed by atoms with Crippen LogP contribution >= 0.6 is 22.9 Å². The summed E-state index contributed by atoms with van der Waals surface area (Å²) in [5.41, 5.74) is -0.331. The van der Waals surface area contributed by atoms with Crippen LogP contribution in [0.5, 0.6) is 0 Å². The quantitative estimate of drug-likeness (QED) is 0.756. The minimum atomic E-state index is -3.59. The molecule has 0 unspecified atom stereocenters. The smallest absolute Gasteiger partial charge is 0.255 e. The van der Waals surface area contributed by atoms with Gasteiger partial charge in [-0.05, 0) is 29.6 Å². The molecule has 4 rings (SSSR count). The number of nitrogens with zero attached hydrogens (tertiary/aromatic N) is 2. The maximum absolute atomic E-state index is 13.0. The molecule has 3 heterocycles. The Bertz CT molecular complexity index is 938. The second-order valence-corrected chi connectivity index (χ2v) is 10.1. The van der Waals surface area contributed by atoms with Crippen LogP contribution in [0, 0.1) is 0 Å².